The van der Waals surface area contributed by atoms with E-state index in [4.69, 9.17) is 9.84 Å². The summed E-state index contributed by atoms with van der Waals surface area (Å²) in [6, 6.07) is 0. The molecule has 0 aromatic carbocycles. The van der Waals surface area contributed by atoms with Crippen molar-refractivity contribution in [2.45, 2.75) is 59.7 Å². The third-order valence-corrected chi connectivity index (χ3v) is 5.48. The highest BCUT2D eigenvalue weighted by Gasteiger charge is 2.61. The summed E-state index contributed by atoms with van der Waals surface area (Å²) in [6.45, 7) is 9.77. The second-order valence-electron chi connectivity index (χ2n) is 8.17. The van der Waals surface area contributed by atoms with E-state index in [1.807, 2.05) is 13.8 Å². The summed E-state index contributed by atoms with van der Waals surface area (Å²) in [5, 5.41) is 18.7. The van der Waals surface area contributed by atoms with Crippen LogP contribution in [0.15, 0.2) is 34.9 Å². The maximum Gasteiger partial charge on any atom is 0.310 e. The summed E-state index contributed by atoms with van der Waals surface area (Å²) in [5.41, 5.74) is 2.30. The fourth-order valence-electron chi connectivity index (χ4n) is 3.77. The van der Waals surface area contributed by atoms with Gasteiger partial charge in [0.25, 0.3) is 0 Å². The fourth-order valence-corrected chi connectivity index (χ4v) is 3.77. The van der Waals surface area contributed by atoms with Crippen molar-refractivity contribution in [3.8, 4) is 0 Å². The number of Topliss-reactive ketones (excluding diaryl/α,β-unsaturated/α-hetero) is 1. The summed E-state index contributed by atoms with van der Waals surface area (Å²) in [4.78, 5) is 24.9. The van der Waals surface area contributed by atoms with Gasteiger partial charge in [-0.1, -0.05) is 37.6 Å². The van der Waals surface area contributed by atoms with Crippen molar-refractivity contribution >= 4 is 11.8 Å². The SMILES string of the molecule is CC(C)=C[C@@H]1[C@@H](C(=O)O[C@H]2CC(=O)C(C[C@H](O)/C=C/CO)=C2C)C1(C)C. The van der Waals surface area contributed by atoms with Gasteiger partial charge in [-0.05, 0) is 37.7 Å². The second-order valence-corrected chi connectivity index (χ2v) is 8.17. The minimum atomic E-state index is -0.838. The molecule has 0 unspecified atom stereocenters. The number of carbonyl (C=O) groups is 2. The van der Waals surface area contributed by atoms with Crippen LogP contribution in [0.25, 0.3) is 0 Å². The summed E-state index contributed by atoms with van der Waals surface area (Å²) in [6.07, 6.45) is 3.95. The number of allylic oxidation sites excluding steroid dienone is 2. The van der Waals surface area contributed by atoms with Gasteiger partial charge in [-0.15, -0.1) is 0 Å². The molecule has 0 radical (unpaired) electrons. The number of rotatable bonds is 7. The lowest BCUT2D eigenvalue weighted by atomic mass is 10.0. The van der Waals surface area contributed by atoms with Crippen LogP contribution in [0.1, 0.15) is 47.5 Å². The minimum Gasteiger partial charge on any atom is -0.457 e. The normalized spacial score (nSPS) is 28.4. The Morgan fingerprint density at radius 3 is 2.62 bits per heavy atom. The van der Waals surface area contributed by atoms with Crippen LogP contribution in [0.5, 0.6) is 0 Å². The topological polar surface area (TPSA) is 83.8 Å². The van der Waals surface area contributed by atoms with Gasteiger partial charge >= 0.3 is 5.97 Å². The van der Waals surface area contributed by atoms with Gasteiger partial charge < -0.3 is 14.9 Å². The van der Waals surface area contributed by atoms with Crippen molar-refractivity contribution in [2.24, 2.45) is 17.3 Å². The highest BCUT2D eigenvalue weighted by molar-refractivity contribution is 6.00. The molecule has 0 saturated heterocycles. The first kappa shape index (κ1) is 20.6. The molecular weight excluding hydrogens is 332 g/mol. The molecule has 2 rings (SSSR count). The molecule has 2 N–H and O–H groups in total. The molecule has 2 aliphatic rings. The minimum absolute atomic E-state index is 0.0901. The zero-order valence-electron chi connectivity index (χ0n) is 16.3. The molecule has 5 nitrogen and oxygen atoms in total. The molecule has 4 atom stereocenters. The standard InChI is InChI=1S/C21H30O5/c1-12(2)9-16-19(21(16,4)5)20(25)26-18-11-17(24)15(13(18)3)10-14(23)7-6-8-22/h6-7,9,14,16,18-19,22-23H,8,10-11H2,1-5H3/b7-6+/t14-,16-,18+,19+/m1/s1. The quantitative estimate of drug-likeness (QED) is 0.537. The molecule has 0 aromatic heterocycles. The molecule has 0 aromatic rings. The highest BCUT2D eigenvalue weighted by atomic mass is 16.5. The number of hydrogen-bond acceptors (Lipinski definition) is 5. The molecule has 144 valence electrons. The molecule has 1 fully saturated rings. The van der Waals surface area contributed by atoms with Gasteiger partial charge in [0.15, 0.2) is 5.78 Å². The van der Waals surface area contributed by atoms with Gasteiger partial charge in [-0.25, -0.2) is 0 Å². The first-order valence-corrected chi connectivity index (χ1v) is 9.13. The average molecular weight is 362 g/mol. The van der Waals surface area contributed by atoms with Crippen molar-refractivity contribution in [1.29, 1.82) is 0 Å². The summed E-state index contributed by atoms with van der Waals surface area (Å²) >= 11 is 0. The second kappa shape index (κ2) is 7.89. The maximum atomic E-state index is 12.6. The smallest absolute Gasteiger partial charge is 0.310 e. The Balaban J connectivity index is 2.04. The van der Waals surface area contributed by atoms with Crippen molar-refractivity contribution in [1.82, 2.24) is 0 Å². The Kier molecular flexibility index (Phi) is 6.25. The zero-order valence-corrected chi connectivity index (χ0v) is 16.3. The van der Waals surface area contributed by atoms with E-state index in [0.717, 1.165) is 5.57 Å². The van der Waals surface area contributed by atoms with E-state index in [-0.39, 0.29) is 48.5 Å². The number of esters is 1. The van der Waals surface area contributed by atoms with E-state index in [9.17, 15) is 14.7 Å². The van der Waals surface area contributed by atoms with Crippen LogP contribution in [-0.2, 0) is 14.3 Å². The third kappa shape index (κ3) is 4.33. The van der Waals surface area contributed by atoms with Crippen LogP contribution in [0.4, 0.5) is 0 Å². The van der Waals surface area contributed by atoms with Crippen LogP contribution in [0.2, 0.25) is 0 Å². The number of aliphatic hydroxyl groups is 2. The molecule has 5 heteroatoms. The Labute approximate surface area is 155 Å². The van der Waals surface area contributed by atoms with Gasteiger partial charge in [0.05, 0.1) is 25.0 Å². The highest BCUT2D eigenvalue weighted by Crippen LogP contribution is 2.60. The van der Waals surface area contributed by atoms with Gasteiger partial charge in [-0.2, -0.15) is 0 Å². The van der Waals surface area contributed by atoms with Crippen LogP contribution in [0.3, 0.4) is 0 Å². The summed E-state index contributed by atoms with van der Waals surface area (Å²) in [7, 11) is 0. The fraction of sp³-hybridized carbons (Fsp3) is 0.619. The van der Waals surface area contributed by atoms with E-state index < -0.39 is 12.2 Å². The van der Waals surface area contributed by atoms with Crippen LogP contribution in [-0.4, -0.2) is 40.8 Å². The van der Waals surface area contributed by atoms with E-state index in [2.05, 4.69) is 19.9 Å². The lowest BCUT2D eigenvalue weighted by molar-refractivity contribution is -0.150. The Morgan fingerprint density at radius 2 is 2.04 bits per heavy atom. The monoisotopic (exact) mass is 362 g/mol. The van der Waals surface area contributed by atoms with Crippen molar-refractivity contribution < 1.29 is 24.5 Å². The van der Waals surface area contributed by atoms with Gasteiger partial charge in [0.1, 0.15) is 6.10 Å². The van der Waals surface area contributed by atoms with Crippen molar-refractivity contribution in [3.63, 3.8) is 0 Å². The molecule has 0 heterocycles. The lowest BCUT2D eigenvalue weighted by Crippen LogP contribution is -2.20. The Bertz CT molecular complexity index is 664. The Hall–Kier alpha value is -1.72. The molecular formula is C21H30O5. The van der Waals surface area contributed by atoms with E-state index in [1.54, 1.807) is 6.92 Å². The van der Waals surface area contributed by atoms with Crippen molar-refractivity contribution in [3.05, 3.63) is 34.9 Å². The Morgan fingerprint density at radius 1 is 1.38 bits per heavy atom. The maximum absolute atomic E-state index is 12.6. The van der Waals surface area contributed by atoms with E-state index in [1.165, 1.54) is 17.7 Å². The number of carbonyl (C=O) groups excluding carboxylic acids is 2. The van der Waals surface area contributed by atoms with Crippen LogP contribution < -0.4 is 0 Å². The number of aliphatic hydroxyl groups excluding tert-OH is 2. The van der Waals surface area contributed by atoms with Gasteiger partial charge in [0.2, 0.25) is 0 Å². The van der Waals surface area contributed by atoms with Gasteiger partial charge in [-0.3, -0.25) is 9.59 Å². The van der Waals surface area contributed by atoms with Crippen LogP contribution >= 0.6 is 0 Å². The van der Waals surface area contributed by atoms with Crippen molar-refractivity contribution in [2.75, 3.05) is 6.61 Å². The van der Waals surface area contributed by atoms with Gasteiger partial charge in [0, 0.05) is 12.0 Å². The van der Waals surface area contributed by atoms with E-state index >= 15 is 0 Å². The average Bonchev–Trinajstić information content (AvgIpc) is 2.97. The van der Waals surface area contributed by atoms with E-state index in [0.29, 0.717) is 5.57 Å². The summed E-state index contributed by atoms with van der Waals surface area (Å²) in [5.74, 6) is -0.349. The number of ketones is 1. The summed E-state index contributed by atoms with van der Waals surface area (Å²) < 4.78 is 5.67. The molecule has 1 saturated carbocycles. The van der Waals surface area contributed by atoms with Crippen LogP contribution in [0, 0.1) is 17.3 Å². The molecule has 0 bridgehead atoms. The molecule has 0 aliphatic heterocycles. The predicted octanol–water partition coefficient (Wildman–Crippen LogP) is 2.73. The molecule has 2 aliphatic carbocycles. The number of ether oxygens (including phenoxy) is 1. The lowest BCUT2D eigenvalue weighted by Gasteiger charge is -2.14. The first-order valence-electron chi connectivity index (χ1n) is 9.13. The predicted molar refractivity (Wildman–Crippen MR) is 99.2 cm³/mol. The molecule has 0 amide bonds. The number of hydrogen-bond donors (Lipinski definition) is 2. The third-order valence-electron chi connectivity index (χ3n) is 5.48. The molecule has 0 spiro atoms. The largest absolute Gasteiger partial charge is 0.457 e. The zero-order chi connectivity index (χ0) is 19.6. The first-order chi connectivity index (χ1) is 12.1. The molecule has 26 heavy (non-hydrogen) atoms.